The number of rotatable bonds is 5. The molecule has 5 atom stereocenters. The molecule has 0 spiro atoms. The van der Waals surface area contributed by atoms with Crippen molar-refractivity contribution < 1.29 is 4.74 Å². The summed E-state index contributed by atoms with van der Waals surface area (Å²) in [4.78, 5) is 0. The molecular formula is C18H35NO. The lowest BCUT2D eigenvalue weighted by molar-refractivity contribution is -0.184. The molecule has 2 fully saturated rings. The summed E-state index contributed by atoms with van der Waals surface area (Å²) in [6.07, 6.45) is 8.22. The van der Waals surface area contributed by atoms with Crippen LogP contribution in [0.1, 0.15) is 73.1 Å². The Morgan fingerprint density at radius 2 is 1.80 bits per heavy atom. The van der Waals surface area contributed by atoms with Crippen LogP contribution >= 0.6 is 0 Å². The Bertz CT molecular complexity index is 311. The van der Waals surface area contributed by atoms with Crippen LogP contribution in [0, 0.1) is 23.2 Å². The number of hydrogen-bond donors (Lipinski definition) is 1. The van der Waals surface area contributed by atoms with Crippen molar-refractivity contribution in [2.24, 2.45) is 28.9 Å². The molecule has 20 heavy (non-hydrogen) atoms. The van der Waals surface area contributed by atoms with E-state index in [0.717, 1.165) is 37.0 Å². The molecule has 2 aliphatic carbocycles. The predicted octanol–water partition coefficient (Wildman–Crippen LogP) is 4.37. The van der Waals surface area contributed by atoms with Crippen LogP contribution in [0.15, 0.2) is 0 Å². The van der Waals surface area contributed by atoms with Crippen LogP contribution in [0.25, 0.3) is 0 Å². The zero-order chi connectivity index (χ0) is 14.9. The molecule has 0 aromatic rings. The van der Waals surface area contributed by atoms with E-state index in [2.05, 4.69) is 34.6 Å². The first-order valence-electron chi connectivity index (χ1n) is 8.85. The van der Waals surface area contributed by atoms with Crippen molar-refractivity contribution in [3.63, 3.8) is 0 Å². The van der Waals surface area contributed by atoms with Gasteiger partial charge in [0.1, 0.15) is 0 Å². The van der Waals surface area contributed by atoms with Crippen molar-refractivity contribution >= 4 is 0 Å². The van der Waals surface area contributed by atoms with E-state index in [1.807, 2.05) is 0 Å². The van der Waals surface area contributed by atoms with Gasteiger partial charge in [-0.1, -0.05) is 41.0 Å². The standard InChI is InChI=1S/C18H35NO/c1-6-18(7-2)16(19)11-17(18)20-15-10-13(5)8-9-14(15)12(3)4/h12-17H,6-11,19H2,1-5H3. The quantitative estimate of drug-likeness (QED) is 0.812. The van der Waals surface area contributed by atoms with E-state index in [0.29, 0.717) is 18.2 Å². The molecule has 0 bridgehead atoms. The summed E-state index contributed by atoms with van der Waals surface area (Å²) in [5.41, 5.74) is 6.57. The Hall–Kier alpha value is -0.0800. The van der Waals surface area contributed by atoms with Crippen molar-refractivity contribution in [2.75, 3.05) is 0 Å². The smallest absolute Gasteiger partial charge is 0.0664 e. The number of nitrogens with two attached hydrogens (primary N) is 1. The molecule has 0 aromatic carbocycles. The number of hydrogen-bond acceptors (Lipinski definition) is 2. The lowest BCUT2D eigenvalue weighted by atomic mass is 9.59. The Morgan fingerprint density at radius 3 is 2.30 bits per heavy atom. The van der Waals surface area contributed by atoms with Gasteiger partial charge < -0.3 is 10.5 Å². The monoisotopic (exact) mass is 281 g/mol. The average molecular weight is 281 g/mol. The average Bonchev–Trinajstić information content (AvgIpc) is 2.39. The highest BCUT2D eigenvalue weighted by Crippen LogP contribution is 2.49. The van der Waals surface area contributed by atoms with E-state index < -0.39 is 0 Å². The summed E-state index contributed by atoms with van der Waals surface area (Å²) in [5.74, 6) is 2.30. The van der Waals surface area contributed by atoms with Gasteiger partial charge in [-0.15, -0.1) is 0 Å². The van der Waals surface area contributed by atoms with Crippen molar-refractivity contribution in [1.82, 2.24) is 0 Å². The molecular weight excluding hydrogens is 246 g/mol. The Kier molecular flexibility index (Phi) is 5.18. The van der Waals surface area contributed by atoms with Crippen LogP contribution in [0.5, 0.6) is 0 Å². The second-order valence-electron chi connectivity index (χ2n) is 7.77. The first-order chi connectivity index (χ1) is 9.44. The minimum absolute atomic E-state index is 0.252. The fraction of sp³-hybridized carbons (Fsp3) is 1.00. The SMILES string of the molecule is CCC1(CC)C(N)CC1OC1CC(C)CCC1C(C)C. The first kappa shape index (κ1) is 16.3. The topological polar surface area (TPSA) is 35.2 Å². The lowest BCUT2D eigenvalue weighted by Crippen LogP contribution is -2.63. The van der Waals surface area contributed by atoms with Gasteiger partial charge in [0, 0.05) is 11.5 Å². The Labute approximate surface area is 125 Å². The summed E-state index contributed by atoms with van der Waals surface area (Å²) in [6.45, 7) is 11.7. The van der Waals surface area contributed by atoms with Gasteiger partial charge in [0.2, 0.25) is 0 Å². The van der Waals surface area contributed by atoms with Gasteiger partial charge in [0.05, 0.1) is 12.2 Å². The maximum Gasteiger partial charge on any atom is 0.0664 e. The highest BCUT2D eigenvalue weighted by Gasteiger charge is 2.53. The maximum atomic E-state index is 6.66. The fourth-order valence-electron chi connectivity index (χ4n) is 4.68. The lowest BCUT2D eigenvalue weighted by Gasteiger charge is -2.56. The summed E-state index contributed by atoms with van der Waals surface area (Å²) < 4.78 is 6.66. The van der Waals surface area contributed by atoms with E-state index in [-0.39, 0.29) is 5.41 Å². The zero-order valence-corrected chi connectivity index (χ0v) is 14.2. The Balaban J connectivity index is 2.03. The van der Waals surface area contributed by atoms with Crippen molar-refractivity contribution in [3.8, 4) is 0 Å². The van der Waals surface area contributed by atoms with E-state index in [1.165, 1.54) is 19.3 Å². The second kappa shape index (κ2) is 6.36. The first-order valence-corrected chi connectivity index (χ1v) is 8.85. The molecule has 2 rings (SSSR count). The molecule has 0 aliphatic heterocycles. The van der Waals surface area contributed by atoms with Gasteiger partial charge in [-0.25, -0.2) is 0 Å². The van der Waals surface area contributed by atoms with Gasteiger partial charge in [0.15, 0.2) is 0 Å². The van der Waals surface area contributed by atoms with Crippen LogP contribution in [-0.4, -0.2) is 18.2 Å². The predicted molar refractivity (Wildman–Crippen MR) is 85.6 cm³/mol. The molecule has 2 aliphatic rings. The minimum Gasteiger partial charge on any atom is -0.374 e. The summed E-state index contributed by atoms with van der Waals surface area (Å²) >= 11 is 0. The second-order valence-corrected chi connectivity index (χ2v) is 7.77. The molecule has 2 nitrogen and oxygen atoms in total. The minimum atomic E-state index is 0.252. The van der Waals surface area contributed by atoms with Crippen LogP contribution in [0.4, 0.5) is 0 Å². The molecule has 2 N–H and O–H groups in total. The molecule has 0 aromatic heterocycles. The third-order valence-corrected chi connectivity index (χ3v) is 6.46. The van der Waals surface area contributed by atoms with Gasteiger partial charge in [-0.05, 0) is 49.9 Å². The van der Waals surface area contributed by atoms with E-state index in [9.17, 15) is 0 Å². The molecule has 0 radical (unpaired) electrons. The van der Waals surface area contributed by atoms with Gasteiger partial charge in [-0.2, -0.15) is 0 Å². The highest BCUT2D eigenvalue weighted by molar-refractivity contribution is 5.05. The third-order valence-electron chi connectivity index (χ3n) is 6.46. The van der Waals surface area contributed by atoms with Crippen molar-refractivity contribution in [1.29, 1.82) is 0 Å². The van der Waals surface area contributed by atoms with Crippen LogP contribution in [0.2, 0.25) is 0 Å². The largest absolute Gasteiger partial charge is 0.374 e. The molecule has 2 saturated carbocycles. The van der Waals surface area contributed by atoms with Gasteiger partial charge in [0.25, 0.3) is 0 Å². The summed E-state index contributed by atoms with van der Waals surface area (Å²) in [7, 11) is 0. The molecule has 0 saturated heterocycles. The summed E-state index contributed by atoms with van der Waals surface area (Å²) in [6, 6.07) is 0.348. The molecule has 0 amide bonds. The highest BCUT2D eigenvalue weighted by atomic mass is 16.5. The molecule has 5 unspecified atom stereocenters. The number of ether oxygens (including phenoxy) is 1. The normalized spacial score (nSPS) is 40.6. The third kappa shape index (κ3) is 2.78. The van der Waals surface area contributed by atoms with E-state index in [4.69, 9.17) is 10.5 Å². The van der Waals surface area contributed by atoms with Crippen LogP contribution in [-0.2, 0) is 4.74 Å². The maximum absolute atomic E-state index is 6.66. The van der Waals surface area contributed by atoms with Crippen molar-refractivity contribution in [2.45, 2.75) is 91.4 Å². The molecule has 118 valence electrons. The van der Waals surface area contributed by atoms with Gasteiger partial charge in [-0.3, -0.25) is 0 Å². The molecule has 2 heteroatoms. The fourth-order valence-corrected chi connectivity index (χ4v) is 4.68. The van der Waals surface area contributed by atoms with Crippen LogP contribution in [0.3, 0.4) is 0 Å². The van der Waals surface area contributed by atoms with Crippen molar-refractivity contribution in [3.05, 3.63) is 0 Å². The Morgan fingerprint density at radius 1 is 1.15 bits per heavy atom. The van der Waals surface area contributed by atoms with Crippen LogP contribution < -0.4 is 5.73 Å². The van der Waals surface area contributed by atoms with Gasteiger partial charge >= 0.3 is 0 Å². The van der Waals surface area contributed by atoms with E-state index >= 15 is 0 Å². The molecule has 0 heterocycles. The zero-order valence-electron chi connectivity index (χ0n) is 14.2. The summed E-state index contributed by atoms with van der Waals surface area (Å²) in [5, 5.41) is 0. The van der Waals surface area contributed by atoms with E-state index in [1.54, 1.807) is 0 Å².